The van der Waals surface area contributed by atoms with Crippen LogP contribution in [0.3, 0.4) is 0 Å². The SMILES string of the molecule is Cc1ccc(C)c(C)c1.O. The van der Waals surface area contributed by atoms with Gasteiger partial charge in [-0.15, -0.1) is 0 Å². The van der Waals surface area contributed by atoms with Crippen LogP contribution in [-0.4, -0.2) is 5.48 Å². The van der Waals surface area contributed by atoms with E-state index in [2.05, 4.69) is 39.0 Å². The van der Waals surface area contributed by atoms with Crippen LogP contribution in [0.4, 0.5) is 0 Å². The van der Waals surface area contributed by atoms with Gasteiger partial charge in [0, 0.05) is 0 Å². The molecule has 0 fully saturated rings. The predicted octanol–water partition coefficient (Wildman–Crippen LogP) is 1.79. The van der Waals surface area contributed by atoms with E-state index in [1.54, 1.807) is 0 Å². The van der Waals surface area contributed by atoms with E-state index >= 15 is 0 Å². The van der Waals surface area contributed by atoms with Gasteiger partial charge in [-0.25, -0.2) is 0 Å². The smallest absolute Gasteiger partial charge is 0.0395 e. The Hall–Kier alpha value is -0.820. The summed E-state index contributed by atoms with van der Waals surface area (Å²) in [6, 6.07) is 6.50. The molecule has 0 bridgehead atoms. The zero-order chi connectivity index (χ0) is 6.85. The normalized spacial score (nSPS) is 8.70. The third-order valence-corrected chi connectivity index (χ3v) is 1.66. The quantitative estimate of drug-likeness (QED) is 0.523. The molecule has 10 heavy (non-hydrogen) atoms. The van der Waals surface area contributed by atoms with Gasteiger partial charge in [0.1, 0.15) is 0 Å². The Morgan fingerprint density at radius 3 is 1.90 bits per heavy atom. The van der Waals surface area contributed by atoms with E-state index in [0.717, 1.165) is 0 Å². The van der Waals surface area contributed by atoms with Crippen molar-refractivity contribution in [3.8, 4) is 0 Å². The van der Waals surface area contributed by atoms with Gasteiger partial charge in [0.05, 0.1) is 0 Å². The Balaban J connectivity index is 0.000000810. The molecule has 0 unspecified atom stereocenters. The molecule has 0 saturated heterocycles. The summed E-state index contributed by atoms with van der Waals surface area (Å²) in [6.07, 6.45) is 0. The van der Waals surface area contributed by atoms with Crippen molar-refractivity contribution in [3.63, 3.8) is 0 Å². The molecule has 1 rings (SSSR count). The van der Waals surface area contributed by atoms with E-state index in [0.29, 0.717) is 0 Å². The number of aryl methyl sites for hydroxylation is 3. The van der Waals surface area contributed by atoms with Crippen LogP contribution in [-0.2, 0) is 0 Å². The Morgan fingerprint density at radius 2 is 1.50 bits per heavy atom. The lowest BCUT2D eigenvalue weighted by Gasteiger charge is -1.98. The van der Waals surface area contributed by atoms with Gasteiger partial charge < -0.3 is 5.48 Å². The second kappa shape index (κ2) is 3.37. The molecule has 56 valence electrons. The van der Waals surface area contributed by atoms with Gasteiger partial charge in [-0.2, -0.15) is 0 Å². The minimum absolute atomic E-state index is 0. The molecule has 0 radical (unpaired) electrons. The van der Waals surface area contributed by atoms with E-state index in [-0.39, 0.29) is 5.48 Å². The van der Waals surface area contributed by atoms with Crippen molar-refractivity contribution in [1.82, 2.24) is 0 Å². The molecule has 2 N–H and O–H groups in total. The van der Waals surface area contributed by atoms with Crippen LogP contribution in [0, 0.1) is 20.8 Å². The molecule has 0 heterocycles. The summed E-state index contributed by atoms with van der Waals surface area (Å²) in [5.41, 5.74) is 4.11. The maximum absolute atomic E-state index is 2.20. The molecule has 1 aromatic carbocycles. The van der Waals surface area contributed by atoms with Gasteiger partial charge in [0.25, 0.3) is 0 Å². The van der Waals surface area contributed by atoms with Crippen LogP contribution in [0.25, 0.3) is 0 Å². The van der Waals surface area contributed by atoms with E-state index < -0.39 is 0 Å². The molecular formula is C9H14O. The molecule has 1 nitrogen and oxygen atoms in total. The summed E-state index contributed by atoms with van der Waals surface area (Å²) >= 11 is 0. The summed E-state index contributed by atoms with van der Waals surface area (Å²) in [5, 5.41) is 0. The van der Waals surface area contributed by atoms with Crippen LogP contribution in [0.5, 0.6) is 0 Å². The van der Waals surface area contributed by atoms with Crippen LogP contribution in [0.1, 0.15) is 16.7 Å². The molecule has 0 aromatic heterocycles. The summed E-state index contributed by atoms with van der Waals surface area (Å²) in [5.74, 6) is 0. The fourth-order valence-corrected chi connectivity index (χ4v) is 0.891. The van der Waals surface area contributed by atoms with Gasteiger partial charge in [-0.1, -0.05) is 23.8 Å². The van der Waals surface area contributed by atoms with Gasteiger partial charge in [-0.05, 0) is 31.9 Å². The monoisotopic (exact) mass is 138 g/mol. The Morgan fingerprint density at radius 1 is 0.900 bits per heavy atom. The third-order valence-electron chi connectivity index (χ3n) is 1.66. The van der Waals surface area contributed by atoms with Crippen molar-refractivity contribution in [3.05, 3.63) is 34.9 Å². The van der Waals surface area contributed by atoms with Gasteiger partial charge in [-0.3, -0.25) is 0 Å². The Bertz CT molecular complexity index is 216. The number of benzene rings is 1. The Kier molecular flexibility index (Phi) is 3.10. The molecule has 0 atom stereocenters. The summed E-state index contributed by atoms with van der Waals surface area (Å²) in [4.78, 5) is 0. The minimum atomic E-state index is 0. The van der Waals surface area contributed by atoms with Gasteiger partial charge >= 0.3 is 0 Å². The third kappa shape index (κ3) is 1.85. The molecule has 0 saturated carbocycles. The lowest BCUT2D eigenvalue weighted by Crippen LogP contribution is -1.79. The van der Waals surface area contributed by atoms with Crippen LogP contribution >= 0.6 is 0 Å². The zero-order valence-corrected chi connectivity index (χ0v) is 6.73. The first kappa shape index (κ1) is 9.18. The second-order valence-corrected chi connectivity index (χ2v) is 2.59. The number of hydrogen-bond donors (Lipinski definition) is 0. The lowest BCUT2D eigenvalue weighted by atomic mass is 10.1. The topological polar surface area (TPSA) is 31.5 Å². The first-order chi connectivity index (χ1) is 4.20. The van der Waals surface area contributed by atoms with Crippen LogP contribution in [0.15, 0.2) is 18.2 Å². The van der Waals surface area contributed by atoms with E-state index in [9.17, 15) is 0 Å². The molecule has 0 amide bonds. The number of rotatable bonds is 0. The maximum atomic E-state index is 2.20. The highest BCUT2D eigenvalue weighted by molar-refractivity contribution is 5.28. The zero-order valence-electron chi connectivity index (χ0n) is 6.73. The van der Waals surface area contributed by atoms with Crippen LogP contribution < -0.4 is 0 Å². The number of hydrogen-bond acceptors (Lipinski definition) is 0. The molecule has 0 aliphatic heterocycles. The highest BCUT2D eigenvalue weighted by Crippen LogP contribution is 2.07. The highest BCUT2D eigenvalue weighted by Gasteiger charge is 1.89. The lowest BCUT2D eigenvalue weighted by molar-refractivity contribution is 0.824. The molecular weight excluding hydrogens is 124 g/mol. The average Bonchev–Trinajstić information content (AvgIpc) is 1.80. The fourth-order valence-electron chi connectivity index (χ4n) is 0.891. The summed E-state index contributed by atoms with van der Waals surface area (Å²) < 4.78 is 0. The van der Waals surface area contributed by atoms with Crippen molar-refractivity contribution in [2.75, 3.05) is 0 Å². The minimum Gasteiger partial charge on any atom is -0.412 e. The van der Waals surface area contributed by atoms with Crippen molar-refractivity contribution in [2.45, 2.75) is 20.8 Å². The highest BCUT2D eigenvalue weighted by atomic mass is 16.0. The van der Waals surface area contributed by atoms with E-state index in [1.807, 2.05) is 0 Å². The molecule has 1 aromatic rings. The van der Waals surface area contributed by atoms with Gasteiger partial charge in [0.15, 0.2) is 0 Å². The van der Waals surface area contributed by atoms with Crippen molar-refractivity contribution >= 4 is 0 Å². The van der Waals surface area contributed by atoms with E-state index in [1.165, 1.54) is 16.7 Å². The molecule has 1 heteroatoms. The Labute approximate surface area is 62.0 Å². The fraction of sp³-hybridized carbons (Fsp3) is 0.333. The maximum Gasteiger partial charge on any atom is -0.0395 e. The standard InChI is InChI=1S/C9H12.H2O/c1-7-4-5-8(2)9(3)6-7;/h4-6H,1-3H3;1H2. The first-order valence-corrected chi connectivity index (χ1v) is 3.24. The van der Waals surface area contributed by atoms with E-state index in [4.69, 9.17) is 0 Å². The summed E-state index contributed by atoms with van der Waals surface area (Å²) in [7, 11) is 0. The van der Waals surface area contributed by atoms with Crippen molar-refractivity contribution < 1.29 is 5.48 Å². The first-order valence-electron chi connectivity index (χ1n) is 3.24. The van der Waals surface area contributed by atoms with Gasteiger partial charge in [0.2, 0.25) is 0 Å². The van der Waals surface area contributed by atoms with Crippen molar-refractivity contribution in [1.29, 1.82) is 0 Å². The average molecular weight is 138 g/mol. The van der Waals surface area contributed by atoms with Crippen molar-refractivity contribution in [2.24, 2.45) is 0 Å². The second-order valence-electron chi connectivity index (χ2n) is 2.59. The molecule has 0 aliphatic carbocycles. The molecule has 0 spiro atoms. The molecule has 0 aliphatic rings. The predicted molar refractivity (Wildman–Crippen MR) is 44.3 cm³/mol. The summed E-state index contributed by atoms with van der Waals surface area (Å²) in [6.45, 7) is 6.39. The largest absolute Gasteiger partial charge is 0.412 e. The van der Waals surface area contributed by atoms with Crippen LogP contribution in [0.2, 0.25) is 0 Å².